The van der Waals surface area contributed by atoms with Crippen molar-refractivity contribution in [1.82, 2.24) is 5.32 Å². The molecule has 0 aromatic carbocycles. The minimum absolute atomic E-state index is 0.247. The van der Waals surface area contributed by atoms with E-state index in [0.717, 1.165) is 12.8 Å². The fourth-order valence-electron chi connectivity index (χ4n) is 1.43. The molecule has 0 heterocycles. The summed E-state index contributed by atoms with van der Waals surface area (Å²) in [5.41, 5.74) is 0. The summed E-state index contributed by atoms with van der Waals surface area (Å²) in [6, 6.07) is -0.580. The standard InChI is InChI=1S/C11H23NO3/c1-4-6-9(3)7-15-8-10(11(13)14)12-5-2/h9-10,12H,4-8H2,1-3H3,(H,13,14). The number of carbonyl (C=O) groups is 1. The molecule has 0 aliphatic carbocycles. The predicted octanol–water partition coefficient (Wildman–Crippen LogP) is 1.50. The number of carboxylic acids is 1. The normalized spacial score (nSPS) is 14.9. The van der Waals surface area contributed by atoms with Gasteiger partial charge in [0, 0.05) is 6.61 Å². The predicted molar refractivity (Wildman–Crippen MR) is 60.0 cm³/mol. The Morgan fingerprint density at radius 2 is 2.07 bits per heavy atom. The second-order valence-electron chi connectivity index (χ2n) is 3.88. The average molecular weight is 217 g/mol. The quantitative estimate of drug-likeness (QED) is 0.614. The smallest absolute Gasteiger partial charge is 0.323 e. The lowest BCUT2D eigenvalue weighted by Crippen LogP contribution is -2.40. The molecule has 0 radical (unpaired) electrons. The van der Waals surface area contributed by atoms with E-state index < -0.39 is 12.0 Å². The Labute approximate surface area is 92.0 Å². The third-order valence-corrected chi connectivity index (χ3v) is 2.22. The average Bonchev–Trinajstić information content (AvgIpc) is 2.16. The maximum atomic E-state index is 10.7. The highest BCUT2D eigenvalue weighted by molar-refractivity contribution is 5.73. The molecule has 4 heteroatoms. The molecule has 4 nitrogen and oxygen atoms in total. The van der Waals surface area contributed by atoms with Crippen LogP contribution in [-0.4, -0.2) is 36.9 Å². The first-order valence-corrected chi connectivity index (χ1v) is 5.65. The van der Waals surface area contributed by atoms with Gasteiger partial charge < -0.3 is 15.2 Å². The van der Waals surface area contributed by atoms with Gasteiger partial charge in [-0.05, 0) is 18.9 Å². The monoisotopic (exact) mass is 217 g/mol. The first-order valence-electron chi connectivity index (χ1n) is 5.65. The van der Waals surface area contributed by atoms with Crippen molar-refractivity contribution in [2.24, 2.45) is 5.92 Å². The van der Waals surface area contributed by atoms with Crippen molar-refractivity contribution in [3.05, 3.63) is 0 Å². The highest BCUT2D eigenvalue weighted by atomic mass is 16.5. The molecule has 0 saturated heterocycles. The van der Waals surface area contributed by atoms with Crippen molar-refractivity contribution in [3.8, 4) is 0 Å². The van der Waals surface area contributed by atoms with Crippen molar-refractivity contribution < 1.29 is 14.6 Å². The molecule has 0 aliphatic rings. The zero-order chi connectivity index (χ0) is 11.7. The van der Waals surface area contributed by atoms with Crippen LogP contribution in [0.3, 0.4) is 0 Å². The third kappa shape index (κ3) is 7.33. The van der Waals surface area contributed by atoms with Crippen LogP contribution >= 0.6 is 0 Å². The topological polar surface area (TPSA) is 58.6 Å². The van der Waals surface area contributed by atoms with E-state index in [4.69, 9.17) is 9.84 Å². The van der Waals surface area contributed by atoms with Gasteiger partial charge in [0.15, 0.2) is 0 Å². The largest absolute Gasteiger partial charge is 0.480 e. The molecule has 0 aliphatic heterocycles. The van der Waals surface area contributed by atoms with E-state index in [0.29, 0.717) is 19.1 Å². The number of likely N-dealkylation sites (N-methyl/N-ethyl adjacent to an activating group) is 1. The van der Waals surface area contributed by atoms with Crippen LogP contribution in [0.2, 0.25) is 0 Å². The summed E-state index contributed by atoms with van der Waals surface area (Å²) in [6.07, 6.45) is 2.26. The summed E-state index contributed by atoms with van der Waals surface area (Å²) in [4.78, 5) is 10.7. The molecule has 0 rings (SSSR count). The van der Waals surface area contributed by atoms with Crippen molar-refractivity contribution in [3.63, 3.8) is 0 Å². The van der Waals surface area contributed by atoms with Gasteiger partial charge in [-0.25, -0.2) is 0 Å². The van der Waals surface area contributed by atoms with E-state index in [1.807, 2.05) is 6.92 Å². The Hall–Kier alpha value is -0.610. The second-order valence-corrected chi connectivity index (χ2v) is 3.88. The van der Waals surface area contributed by atoms with Gasteiger partial charge >= 0.3 is 5.97 Å². The number of rotatable bonds is 9. The Morgan fingerprint density at radius 1 is 1.40 bits per heavy atom. The van der Waals surface area contributed by atoms with Gasteiger partial charge in [0.1, 0.15) is 6.04 Å². The molecule has 0 bridgehead atoms. The lowest BCUT2D eigenvalue weighted by Gasteiger charge is -2.15. The number of ether oxygens (including phenoxy) is 1. The van der Waals surface area contributed by atoms with Crippen molar-refractivity contribution in [2.45, 2.75) is 39.7 Å². The van der Waals surface area contributed by atoms with Gasteiger partial charge in [0.05, 0.1) is 6.61 Å². The molecule has 0 fully saturated rings. The fraction of sp³-hybridized carbons (Fsp3) is 0.909. The minimum Gasteiger partial charge on any atom is -0.480 e. The zero-order valence-corrected chi connectivity index (χ0v) is 9.95. The zero-order valence-electron chi connectivity index (χ0n) is 9.95. The molecule has 0 amide bonds. The van der Waals surface area contributed by atoms with E-state index in [9.17, 15) is 4.79 Å². The second kappa shape index (κ2) is 8.68. The number of aliphatic carboxylic acids is 1. The van der Waals surface area contributed by atoms with Crippen molar-refractivity contribution in [1.29, 1.82) is 0 Å². The fourth-order valence-corrected chi connectivity index (χ4v) is 1.43. The summed E-state index contributed by atoms with van der Waals surface area (Å²) in [5.74, 6) is -0.342. The van der Waals surface area contributed by atoms with Crippen LogP contribution in [-0.2, 0) is 9.53 Å². The molecule has 2 unspecified atom stereocenters. The van der Waals surface area contributed by atoms with Gasteiger partial charge in [-0.3, -0.25) is 4.79 Å². The van der Waals surface area contributed by atoms with Gasteiger partial charge in [-0.2, -0.15) is 0 Å². The SMILES string of the molecule is CCCC(C)COCC(NCC)C(=O)O. The van der Waals surface area contributed by atoms with E-state index in [-0.39, 0.29) is 6.61 Å². The highest BCUT2D eigenvalue weighted by Crippen LogP contribution is 2.05. The van der Waals surface area contributed by atoms with E-state index in [2.05, 4.69) is 19.2 Å². The molecule has 15 heavy (non-hydrogen) atoms. The summed E-state index contributed by atoms with van der Waals surface area (Å²) in [6.45, 7) is 7.67. The van der Waals surface area contributed by atoms with Gasteiger partial charge in [-0.1, -0.05) is 27.2 Å². The van der Waals surface area contributed by atoms with E-state index in [1.165, 1.54) is 0 Å². The summed E-state index contributed by atoms with van der Waals surface area (Å²) >= 11 is 0. The van der Waals surface area contributed by atoms with Crippen LogP contribution in [0.5, 0.6) is 0 Å². The molecule has 0 spiro atoms. The Balaban J connectivity index is 3.65. The molecular weight excluding hydrogens is 194 g/mol. The van der Waals surface area contributed by atoms with Gasteiger partial charge in [0.2, 0.25) is 0 Å². The lowest BCUT2D eigenvalue weighted by molar-refractivity contribution is -0.141. The van der Waals surface area contributed by atoms with Crippen molar-refractivity contribution in [2.75, 3.05) is 19.8 Å². The van der Waals surface area contributed by atoms with Crippen LogP contribution in [0.25, 0.3) is 0 Å². The van der Waals surface area contributed by atoms with Crippen LogP contribution in [0.15, 0.2) is 0 Å². The molecule has 0 aromatic heterocycles. The number of nitrogens with one attached hydrogen (secondary N) is 1. The minimum atomic E-state index is -0.847. The maximum Gasteiger partial charge on any atom is 0.323 e. The van der Waals surface area contributed by atoms with Gasteiger partial charge in [-0.15, -0.1) is 0 Å². The molecular formula is C11H23NO3. The molecule has 2 N–H and O–H groups in total. The van der Waals surface area contributed by atoms with Gasteiger partial charge in [0.25, 0.3) is 0 Å². The number of hydrogen-bond donors (Lipinski definition) is 2. The number of hydrogen-bond acceptors (Lipinski definition) is 3. The maximum absolute atomic E-state index is 10.7. The Bertz CT molecular complexity index is 173. The van der Waals surface area contributed by atoms with E-state index >= 15 is 0 Å². The lowest BCUT2D eigenvalue weighted by atomic mass is 10.1. The number of carboxylic acid groups (broad SMARTS) is 1. The summed E-state index contributed by atoms with van der Waals surface area (Å²) in [7, 11) is 0. The van der Waals surface area contributed by atoms with E-state index in [1.54, 1.807) is 0 Å². The molecule has 0 aromatic rings. The third-order valence-electron chi connectivity index (χ3n) is 2.22. The van der Waals surface area contributed by atoms with Crippen molar-refractivity contribution >= 4 is 5.97 Å². The van der Waals surface area contributed by atoms with Crippen LogP contribution in [0.4, 0.5) is 0 Å². The van der Waals surface area contributed by atoms with Crippen LogP contribution < -0.4 is 5.32 Å². The van der Waals surface area contributed by atoms with Crippen LogP contribution in [0.1, 0.15) is 33.6 Å². The Morgan fingerprint density at radius 3 is 2.53 bits per heavy atom. The Kier molecular flexibility index (Phi) is 8.33. The first kappa shape index (κ1) is 14.4. The first-order chi connectivity index (χ1) is 7.11. The summed E-state index contributed by atoms with van der Waals surface area (Å²) in [5, 5.41) is 11.7. The molecule has 2 atom stereocenters. The van der Waals surface area contributed by atoms with Crippen LogP contribution in [0, 0.1) is 5.92 Å². The highest BCUT2D eigenvalue weighted by Gasteiger charge is 2.16. The molecule has 90 valence electrons. The summed E-state index contributed by atoms with van der Waals surface area (Å²) < 4.78 is 5.38. The molecule has 0 saturated carbocycles.